The Labute approximate surface area is 132 Å². The van der Waals surface area contributed by atoms with E-state index >= 15 is 0 Å². The summed E-state index contributed by atoms with van der Waals surface area (Å²) in [5.74, 6) is 0. The molecule has 1 aliphatic heterocycles. The number of hydrogen-bond acceptors (Lipinski definition) is 6. The van der Waals surface area contributed by atoms with Crippen molar-refractivity contribution >= 4 is 21.2 Å². The molecule has 2 aromatic rings. The summed E-state index contributed by atoms with van der Waals surface area (Å²) in [6.45, 7) is -0.0798. The van der Waals surface area contributed by atoms with Crippen LogP contribution < -0.4 is 0 Å². The molecule has 118 valence electrons. The summed E-state index contributed by atoms with van der Waals surface area (Å²) in [4.78, 5) is 15.3. The Balaban J connectivity index is 1.96. The van der Waals surface area contributed by atoms with Crippen molar-refractivity contribution < 1.29 is 18.2 Å². The zero-order valence-corrected chi connectivity index (χ0v) is 12.6. The molecule has 0 spiro atoms. The van der Waals surface area contributed by atoms with Gasteiger partial charge in [0.2, 0.25) is 0 Å². The maximum absolute atomic E-state index is 12.7. The van der Waals surface area contributed by atoms with Crippen LogP contribution in [0.15, 0.2) is 64.6 Å². The molecule has 1 aliphatic rings. The number of oxime groups is 1. The lowest BCUT2D eigenvalue weighted by Crippen LogP contribution is -2.31. The van der Waals surface area contributed by atoms with Crippen LogP contribution in [0.4, 0.5) is 5.69 Å². The van der Waals surface area contributed by atoms with E-state index in [9.17, 15) is 18.5 Å². The minimum absolute atomic E-state index is 0.0734. The molecule has 0 N–H and O–H groups in total. The summed E-state index contributed by atoms with van der Waals surface area (Å²) in [6, 6.07) is 13.6. The summed E-state index contributed by atoms with van der Waals surface area (Å²) in [5.41, 5.74) is 0.664. The Bertz CT molecular complexity index is 861. The monoisotopic (exact) mass is 332 g/mol. The van der Waals surface area contributed by atoms with Crippen molar-refractivity contribution in [2.45, 2.75) is 10.1 Å². The van der Waals surface area contributed by atoms with Crippen LogP contribution in [0, 0.1) is 10.1 Å². The zero-order valence-electron chi connectivity index (χ0n) is 11.8. The maximum atomic E-state index is 12.7. The lowest BCUT2D eigenvalue weighted by atomic mass is 10.1. The molecule has 0 fully saturated rings. The number of nitrogens with zero attached hydrogens (tertiary/aromatic N) is 2. The summed E-state index contributed by atoms with van der Waals surface area (Å²) < 4.78 is 25.4. The van der Waals surface area contributed by atoms with Crippen LogP contribution in [0.1, 0.15) is 5.56 Å². The SMILES string of the molecule is O=[N+]([O-])c1ccc(C2=NOC[C@@H]2S(=O)(=O)c2ccccc2)cc1. The highest BCUT2D eigenvalue weighted by molar-refractivity contribution is 7.93. The maximum Gasteiger partial charge on any atom is 0.269 e. The van der Waals surface area contributed by atoms with Crippen LogP contribution in [0.5, 0.6) is 0 Å². The quantitative estimate of drug-likeness (QED) is 0.631. The van der Waals surface area contributed by atoms with Crippen LogP contribution in [-0.2, 0) is 14.7 Å². The predicted molar refractivity (Wildman–Crippen MR) is 83.0 cm³/mol. The number of sulfone groups is 1. The van der Waals surface area contributed by atoms with Gasteiger partial charge in [0.15, 0.2) is 9.84 Å². The van der Waals surface area contributed by atoms with Crippen molar-refractivity contribution in [3.63, 3.8) is 0 Å². The molecule has 0 bridgehead atoms. The lowest BCUT2D eigenvalue weighted by molar-refractivity contribution is -0.384. The van der Waals surface area contributed by atoms with Gasteiger partial charge in [-0.3, -0.25) is 10.1 Å². The third kappa shape index (κ3) is 2.80. The van der Waals surface area contributed by atoms with Crippen LogP contribution in [0.3, 0.4) is 0 Å². The average Bonchev–Trinajstić information content (AvgIpc) is 3.06. The number of nitro benzene ring substituents is 1. The predicted octanol–water partition coefficient (Wildman–Crippen LogP) is 2.17. The van der Waals surface area contributed by atoms with E-state index < -0.39 is 20.0 Å². The molecule has 0 aliphatic carbocycles. The highest BCUT2D eigenvalue weighted by Gasteiger charge is 2.37. The number of benzene rings is 2. The smallest absolute Gasteiger partial charge is 0.269 e. The Hall–Kier alpha value is -2.74. The van der Waals surface area contributed by atoms with E-state index in [0.29, 0.717) is 5.56 Å². The first-order chi connectivity index (χ1) is 11.0. The lowest BCUT2D eigenvalue weighted by Gasteiger charge is -2.12. The van der Waals surface area contributed by atoms with Crippen LogP contribution in [-0.4, -0.2) is 30.9 Å². The molecule has 0 saturated carbocycles. The number of hydrogen-bond donors (Lipinski definition) is 0. The van der Waals surface area contributed by atoms with Gasteiger partial charge in [-0.05, 0) is 24.3 Å². The van der Waals surface area contributed by atoms with Gasteiger partial charge in [0.25, 0.3) is 5.69 Å². The van der Waals surface area contributed by atoms with E-state index in [-0.39, 0.29) is 22.9 Å². The number of non-ortho nitro benzene ring substituents is 1. The van der Waals surface area contributed by atoms with Gasteiger partial charge in [0.05, 0.1) is 9.82 Å². The van der Waals surface area contributed by atoms with Crippen molar-refractivity contribution in [1.29, 1.82) is 0 Å². The van der Waals surface area contributed by atoms with Crippen molar-refractivity contribution in [1.82, 2.24) is 0 Å². The first-order valence-electron chi connectivity index (χ1n) is 6.74. The highest BCUT2D eigenvalue weighted by atomic mass is 32.2. The summed E-state index contributed by atoms with van der Waals surface area (Å²) in [7, 11) is -3.65. The molecule has 0 aromatic heterocycles. The topological polar surface area (TPSA) is 98.9 Å². The molecule has 1 atom stereocenters. The van der Waals surface area contributed by atoms with Gasteiger partial charge in [0.1, 0.15) is 17.6 Å². The number of rotatable bonds is 4. The first-order valence-corrected chi connectivity index (χ1v) is 8.28. The first kappa shape index (κ1) is 15.2. The molecule has 23 heavy (non-hydrogen) atoms. The van der Waals surface area contributed by atoms with Crippen LogP contribution in [0.2, 0.25) is 0 Å². The number of nitro groups is 1. The molecule has 3 rings (SSSR count). The second-order valence-corrected chi connectivity index (χ2v) is 7.05. The van der Waals surface area contributed by atoms with E-state index in [1.165, 1.54) is 36.4 Å². The third-order valence-corrected chi connectivity index (χ3v) is 5.55. The molecule has 2 aromatic carbocycles. The summed E-state index contributed by atoms with van der Waals surface area (Å²) in [5, 5.41) is 13.6. The van der Waals surface area contributed by atoms with Crippen molar-refractivity contribution in [3.05, 3.63) is 70.3 Å². The normalized spacial score (nSPS) is 17.4. The molecule has 0 unspecified atom stereocenters. The van der Waals surface area contributed by atoms with Gasteiger partial charge < -0.3 is 4.84 Å². The van der Waals surface area contributed by atoms with E-state index in [4.69, 9.17) is 4.84 Å². The summed E-state index contributed by atoms with van der Waals surface area (Å²) >= 11 is 0. The van der Waals surface area contributed by atoms with Crippen molar-refractivity contribution in [2.24, 2.45) is 5.16 Å². The Morgan fingerprint density at radius 3 is 2.35 bits per heavy atom. The molecule has 0 saturated heterocycles. The zero-order chi connectivity index (χ0) is 16.4. The highest BCUT2D eigenvalue weighted by Crippen LogP contribution is 2.25. The minimum atomic E-state index is -3.65. The average molecular weight is 332 g/mol. The van der Waals surface area contributed by atoms with Crippen LogP contribution >= 0.6 is 0 Å². The van der Waals surface area contributed by atoms with E-state index in [1.54, 1.807) is 18.2 Å². The fourth-order valence-corrected chi connectivity index (χ4v) is 3.89. The molecule has 8 heteroatoms. The fraction of sp³-hybridized carbons (Fsp3) is 0.133. The Kier molecular flexibility index (Phi) is 3.83. The minimum Gasteiger partial charge on any atom is -0.394 e. The van der Waals surface area contributed by atoms with Crippen LogP contribution in [0.25, 0.3) is 0 Å². The molecule has 0 radical (unpaired) electrons. The molecule has 7 nitrogen and oxygen atoms in total. The fourth-order valence-electron chi connectivity index (χ4n) is 2.32. The van der Waals surface area contributed by atoms with Gasteiger partial charge in [0, 0.05) is 17.7 Å². The van der Waals surface area contributed by atoms with Gasteiger partial charge in [-0.15, -0.1) is 0 Å². The van der Waals surface area contributed by atoms with Crippen molar-refractivity contribution in [3.8, 4) is 0 Å². The molecular weight excluding hydrogens is 320 g/mol. The second-order valence-electron chi connectivity index (χ2n) is 4.92. The van der Waals surface area contributed by atoms with E-state index in [1.807, 2.05) is 0 Å². The van der Waals surface area contributed by atoms with Gasteiger partial charge in [-0.2, -0.15) is 0 Å². The van der Waals surface area contributed by atoms with E-state index in [2.05, 4.69) is 5.16 Å². The molecule has 0 amide bonds. The largest absolute Gasteiger partial charge is 0.394 e. The van der Waals surface area contributed by atoms with Gasteiger partial charge in [-0.25, -0.2) is 8.42 Å². The standard InChI is InChI=1S/C15H12N2O5S/c18-17(19)12-8-6-11(7-9-12)15-14(10-22-16-15)23(20,21)13-4-2-1-3-5-13/h1-9,14H,10H2/t14-/m0/s1. The molecule has 1 heterocycles. The Morgan fingerprint density at radius 1 is 1.09 bits per heavy atom. The molecular formula is C15H12N2O5S. The van der Waals surface area contributed by atoms with Gasteiger partial charge in [-0.1, -0.05) is 23.4 Å². The third-order valence-electron chi connectivity index (χ3n) is 3.51. The van der Waals surface area contributed by atoms with Gasteiger partial charge >= 0.3 is 0 Å². The van der Waals surface area contributed by atoms with E-state index in [0.717, 1.165) is 0 Å². The Morgan fingerprint density at radius 2 is 1.74 bits per heavy atom. The summed E-state index contributed by atoms with van der Waals surface area (Å²) in [6.07, 6.45) is 0. The van der Waals surface area contributed by atoms with Crippen molar-refractivity contribution in [2.75, 3.05) is 6.61 Å². The second kappa shape index (κ2) is 5.81.